The minimum atomic E-state index is -1.17. The third-order valence-electron chi connectivity index (χ3n) is 5.87. The van der Waals surface area contributed by atoms with E-state index in [4.69, 9.17) is 25.8 Å². The Balaban J connectivity index is 1.59. The molecule has 1 unspecified atom stereocenters. The number of H-pyrrole nitrogens is 1. The van der Waals surface area contributed by atoms with E-state index in [1.807, 2.05) is 48.5 Å². The van der Waals surface area contributed by atoms with Gasteiger partial charge in [-0.3, -0.25) is 0 Å². The maximum absolute atomic E-state index is 13.1. The smallest absolute Gasteiger partial charge is 0.435 e. The van der Waals surface area contributed by atoms with Gasteiger partial charge in [0, 0.05) is 25.5 Å². The number of imidazole rings is 1. The molecule has 0 fully saturated rings. The molecule has 0 spiro atoms. The van der Waals surface area contributed by atoms with E-state index < -0.39 is 18.4 Å². The zero-order valence-electron chi connectivity index (χ0n) is 21.9. The van der Waals surface area contributed by atoms with Crippen LogP contribution in [0.15, 0.2) is 48.5 Å². The highest BCUT2D eigenvalue weighted by Crippen LogP contribution is 2.30. The first kappa shape index (κ1) is 27.8. The molecule has 0 aliphatic carbocycles. The molecule has 4 rings (SSSR count). The lowest BCUT2D eigenvalue weighted by Gasteiger charge is -2.16. The number of hydrogen-bond acceptors (Lipinski definition) is 9. The van der Waals surface area contributed by atoms with E-state index in [0.29, 0.717) is 24.6 Å². The second-order valence-electron chi connectivity index (χ2n) is 8.61. The summed E-state index contributed by atoms with van der Waals surface area (Å²) in [6.45, 7) is 5.62. The van der Waals surface area contributed by atoms with Crippen molar-refractivity contribution in [1.82, 2.24) is 30.2 Å². The first-order valence-corrected chi connectivity index (χ1v) is 13.0. The number of carbonyl (C=O) groups is 2. The van der Waals surface area contributed by atoms with Crippen LogP contribution in [-0.4, -0.2) is 55.2 Å². The standard InChI is InChI=1S/C27H29ClN6O5/c1-4-6-11-22-29-24(28)23(26(35)38-17(3)39-27(36)37-5-2)34(22)16-18-12-14-19(15-13-18)20-9-7-8-10-21(20)25-30-32-33-31-25/h7-10,12-15,17H,4-6,11,16H2,1-3H3,(H,30,31,32,33). The molecule has 1 N–H and O–H groups in total. The molecule has 2 heterocycles. The lowest BCUT2D eigenvalue weighted by molar-refractivity contribution is -0.0815. The number of unbranched alkanes of at least 4 members (excludes halogenated alkanes) is 1. The molecular weight excluding hydrogens is 524 g/mol. The number of tetrazole rings is 1. The van der Waals surface area contributed by atoms with E-state index in [1.165, 1.54) is 6.92 Å². The van der Waals surface area contributed by atoms with Crippen molar-refractivity contribution < 1.29 is 23.8 Å². The fourth-order valence-corrected chi connectivity index (χ4v) is 4.33. The molecule has 0 amide bonds. The fraction of sp³-hybridized carbons (Fsp3) is 0.333. The van der Waals surface area contributed by atoms with Crippen LogP contribution in [0.5, 0.6) is 0 Å². The van der Waals surface area contributed by atoms with E-state index in [9.17, 15) is 9.59 Å². The maximum atomic E-state index is 13.1. The highest BCUT2D eigenvalue weighted by Gasteiger charge is 2.26. The number of carbonyl (C=O) groups excluding carboxylic acids is 2. The van der Waals surface area contributed by atoms with Crippen molar-refractivity contribution in [1.29, 1.82) is 0 Å². The van der Waals surface area contributed by atoms with Crippen LogP contribution in [-0.2, 0) is 27.2 Å². The van der Waals surface area contributed by atoms with Crippen molar-refractivity contribution in [2.75, 3.05) is 6.61 Å². The number of aromatic amines is 1. The largest absolute Gasteiger partial charge is 0.511 e. The molecular formula is C27H29ClN6O5. The van der Waals surface area contributed by atoms with Crippen molar-refractivity contribution >= 4 is 23.7 Å². The van der Waals surface area contributed by atoms with Gasteiger partial charge in [0.2, 0.25) is 12.1 Å². The number of nitrogens with zero attached hydrogens (tertiary/aromatic N) is 5. The fourth-order valence-electron chi connectivity index (χ4n) is 4.05. The van der Waals surface area contributed by atoms with Gasteiger partial charge in [0.1, 0.15) is 5.82 Å². The summed E-state index contributed by atoms with van der Waals surface area (Å²) in [5, 5.41) is 14.4. The Kier molecular flexibility index (Phi) is 9.27. The second-order valence-corrected chi connectivity index (χ2v) is 8.97. The van der Waals surface area contributed by atoms with Gasteiger partial charge in [-0.05, 0) is 35.2 Å². The van der Waals surface area contributed by atoms with Gasteiger partial charge in [0.15, 0.2) is 10.8 Å². The number of halogens is 1. The molecule has 204 valence electrons. The van der Waals surface area contributed by atoms with Crippen molar-refractivity contribution in [2.24, 2.45) is 0 Å². The lowest BCUT2D eigenvalue weighted by atomic mass is 9.98. The summed E-state index contributed by atoms with van der Waals surface area (Å²) in [5.41, 5.74) is 3.80. The Labute approximate surface area is 230 Å². The molecule has 0 aliphatic heterocycles. The first-order valence-electron chi connectivity index (χ1n) is 12.6. The molecule has 11 nitrogen and oxygen atoms in total. The van der Waals surface area contributed by atoms with Crippen molar-refractivity contribution in [2.45, 2.75) is 52.9 Å². The summed E-state index contributed by atoms with van der Waals surface area (Å²) >= 11 is 6.42. The summed E-state index contributed by atoms with van der Waals surface area (Å²) in [6.07, 6.45) is 0.351. The van der Waals surface area contributed by atoms with Crippen LogP contribution in [0.4, 0.5) is 4.79 Å². The average molecular weight is 553 g/mol. The molecule has 4 aromatic rings. The highest BCUT2D eigenvalue weighted by atomic mass is 35.5. The van der Waals surface area contributed by atoms with Crippen molar-refractivity contribution in [3.63, 3.8) is 0 Å². The van der Waals surface area contributed by atoms with E-state index in [2.05, 4.69) is 32.5 Å². The van der Waals surface area contributed by atoms with E-state index in [0.717, 1.165) is 35.1 Å². The Hall–Kier alpha value is -4.25. The first-order chi connectivity index (χ1) is 18.9. The molecule has 39 heavy (non-hydrogen) atoms. The Morgan fingerprint density at radius 3 is 2.46 bits per heavy atom. The Morgan fingerprint density at radius 2 is 1.79 bits per heavy atom. The number of aromatic nitrogens is 6. The van der Waals surface area contributed by atoms with Gasteiger partial charge >= 0.3 is 12.1 Å². The van der Waals surface area contributed by atoms with Gasteiger partial charge in [0.05, 0.1) is 6.61 Å². The average Bonchev–Trinajstić information content (AvgIpc) is 3.56. The van der Waals surface area contributed by atoms with Gasteiger partial charge in [-0.2, -0.15) is 5.21 Å². The Morgan fingerprint density at radius 1 is 1.05 bits per heavy atom. The number of ether oxygens (including phenoxy) is 3. The third kappa shape index (κ3) is 6.80. The Bertz CT molecular complexity index is 1400. The van der Waals surface area contributed by atoms with Gasteiger partial charge in [-0.1, -0.05) is 73.5 Å². The lowest BCUT2D eigenvalue weighted by Crippen LogP contribution is -2.24. The summed E-state index contributed by atoms with van der Waals surface area (Å²) in [6, 6.07) is 15.7. The summed E-state index contributed by atoms with van der Waals surface area (Å²) in [7, 11) is 0. The molecule has 1 atom stereocenters. The van der Waals surface area contributed by atoms with Crippen LogP contribution >= 0.6 is 11.6 Å². The number of hydrogen-bond donors (Lipinski definition) is 1. The summed E-state index contributed by atoms with van der Waals surface area (Å²) in [4.78, 5) is 29.1. The van der Waals surface area contributed by atoms with E-state index >= 15 is 0 Å². The predicted octanol–water partition coefficient (Wildman–Crippen LogP) is 5.45. The monoisotopic (exact) mass is 552 g/mol. The van der Waals surface area contributed by atoms with Crippen molar-refractivity contribution in [3.8, 4) is 22.5 Å². The molecule has 2 aromatic heterocycles. The molecule has 2 aromatic carbocycles. The zero-order chi connectivity index (χ0) is 27.8. The maximum Gasteiger partial charge on any atom is 0.511 e. The molecule has 0 saturated heterocycles. The number of nitrogens with one attached hydrogen (secondary N) is 1. The predicted molar refractivity (Wildman–Crippen MR) is 143 cm³/mol. The van der Waals surface area contributed by atoms with Gasteiger partial charge in [-0.25, -0.2) is 14.6 Å². The van der Waals surface area contributed by atoms with Crippen LogP contribution in [0.1, 0.15) is 55.5 Å². The zero-order valence-corrected chi connectivity index (χ0v) is 22.6. The van der Waals surface area contributed by atoms with Gasteiger partial charge < -0.3 is 18.8 Å². The molecule has 0 saturated carbocycles. The molecule has 0 radical (unpaired) electrons. The highest BCUT2D eigenvalue weighted by molar-refractivity contribution is 6.32. The number of esters is 1. The number of aryl methyl sites for hydroxylation is 1. The third-order valence-corrected chi connectivity index (χ3v) is 6.13. The van der Waals surface area contributed by atoms with Crippen LogP contribution < -0.4 is 0 Å². The number of rotatable bonds is 11. The SMILES string of the molecule is CCCCc1nc(Cl)c(C(=O)OC(C)OC(=O)OCC)n1Cc1ccc(-c2ccccc2-c2nn[nH]n2)cc1. The summed E-state index contributed by atoms with van der Waals surface area (Å²) < 4.78 is 16.8. The van der Waals surface area contributed by atoms with Crippen LogP contribution in [0.25, 0.3) is 22.5 Å². The quantitative estimate of drug-likeness (QED) is 0.190. The van der Waals surface area contributed by atoms with E-state index in [-0.39, 0.29) is 17.5 Å². The van der Waals surface area contributed by atoms with Crippen LogP contribution in [0.2, 0.25) is 5.15 Å². The van der Waals surface area contributed by atoms with Crippen molar-refractivity contribution in [3.05, 3.63) is 70.8 Å². The topological polar surface area (TPSA) is 134 Å². The molecule has 0 aliphatic rings. The number of benzene rings is 2. The molecule has 0 bridgehead atoms. The minimum absolute atomic E-state index is 0.0279. The second kappa shape index (κ2) is 13.0. The molecule has 12 heteroatoms. The van der Waals surface area contributed by atoms with Crippen LogP contribution in [0, 0.1) is 0 Å². The van der Waals surface area contributed by atoms with Gasteiger partial charge in [-0.15, -0.1) is 10.2 Å². The minimum Gasteiger partial charge on any atom is -0.435 e. The normalized spacial score (nSPS) is 11.7. The van der Waals surface area contributed by atoms with Gasteiger partial charge in [0.25, 0.3) is 0 Å². The van der Waals surface area contributed by atoms with E-state index in [1.54, 1.807) is 11.5 Å². The summed E-state index contributed by atoms with van der Waals surface area (Å²) in [5.74, 6) is 0.421. The van der Waals surface area contributed by atoms with Crippen LogP contribution in [0.3, 0.4) is 0 Å².